The quantitative estimate of drug-likeness (QED) is 0.860. The van der Waals surface area contributed by atoms with Gasteiger partial charge in [-0.3, -0.25) is 0 Å². The number of nitrogens with one attached hydrogen (secondary N) is 1. The van der Waals surface area contributed by atoms with Crippen LogP contribution in [0.5, 0.6) is 0 Å². The van der Waals surface area contributed by atoms with Gasteiger partial charge in [-0.1, -0.05) is 38.5 Å². The number of halogens is 1. The molecule has 1 fully saturated rings. The largest absolute Gasteiger partial charge is 0.316 e. The van der Waals surface area contributed by atoms with Crippen LogP contribution in [0, 0.1) is 5.41 Å². The summed E-state index contributed by atoms with van der Waals surface area (Å²) in [6, 6.07) is 6.99. The molecule has 1 aromatic rings. The molecular formula is C16H24ClN. The Morgan fingerprint density at radius 1 is 1.39 bits per heavy atom. The number of fused-ring (bicyclic) bond motifs is 3. The summed E-state index contributed by atoms with van der Waals surface area (Å²) in [5.74, 6) is 0.753. The molecule has 100 valence electrons. The molecule has 1 N–H and O–H groups in total. The third-order valence-corrected chi connectivity index (χ3v) is 4.87. The summed E-state index contributed by atoms with van der Waals surface area (Å²) in [5, 5.41) is 3.60. The molecule has 1 nitrogen and oxygen atoms in total. The molecule has 1 saturated heterocycles. The second-order valence-corrected chi connectivity index (χ2v) is 6.07. The molecule has 0 aromatic heterocycles. The Bertz CT molecular complexity index is 429. The van der Waals surface area contributed by atoms with Crippen LogP contribution in [0.4, 0.5) is 0 Å². The van der Waals surface area contributed by atoms with Crippen LogP contribution >= 0.6 is 12.4 Å². The van der Waals surface area contributed by atoms with E-state index in [1.54, 1.807) is 16.7 Å². The fraction of sp³-hybridized carbons (Fsp3) is 0.625. The summed E-state index contributed by atoms with van der Waals surface area (Å²) in [6.07, 6.45) is 5.16. The SMILES string of the molecule is CCCc1cccc2c1CC[C@]1(C)CNC[C@@H]21.Cl. The van der Waals surface area contributed by atoms with Crippen molar-refractivity contribution < 1.29 is 0 Å². The van der Waals surface area contributed by atoms with Gasteiger partial charge in [0.25, 0.3) is 0 Å². The predicted octanol–water partition coefficient (Wildman–Crippen LogP) is 3.70. The van der Waals surface area contributed by atoms with Crippen LogP contribution in [0.15, 0.2) is 18.2 Å². The number of aryl methyl sites for hydroxylation is 1. The van der Waals surface area contributed by atoms with Crippen molar-refractivity contribution in [3.05, 3.63) is 34.9 Å². The van der Waals surface area contributed by atoms with Gasteiger partial charge in [-0.05, 0) is 41.4 Å². The summed E-state index contributed by atoms with van der Waals surface area (Å²) >= 11 is 0. The molecule has 1 heterocycles. The van der Waals surface area contributed by atoms with Crippen molar-refractivity contribution in [2.24, 2.45) is 5.41 Å². The van der Waals surface area contributed by atoms with E-state index in [2.05, 4.69) is 37.4 Å². The van der Waals surface area contributed by atoms with Crippen LogP contribution in [0.3, 0.4) is 0 Å². The normalized spacial score (nSPS) is 29.3. The van der Waals surface area contributed by atoms with E-state index in [0.29, 0.717) is 5.41 Å². The summed E-state index contributed by atoms with van der Waals surface area (Å²) in [5.41, 5.74) is 5.45. The van der Waals surface area contributed by atoms with E-state index in [1.807, 2.05) is 0 Å². The predicted molar refractivity (Wildman–Crippen MR) is 79.7 cm³/mol. The molecule has 2 heteroatoms. The maximum atomic E-state index is 3.60. The minimum atomic E-state index is 0. The van der Waals surface area contributed by atoms with Gasteiger partial charge in [0.05, 0.1) is 0 Å². The summed E-state index contributed by atoms with van der Waals surface area (Å²) < 4.78 is 0. The zero-order valence-electron chi connectivity index (χ0n) is 11.5. The maximum Gasteiger partial charge on any atom is 0.00323 e. The van der Waals surface area contributed by atoms with Gasteiger partial charge >= 0.3 is 0 Å². The topological polar surface area (TPSA) is 12.0 Å². The third-order valence-electron chi connectivity index (χ3n) is 4.87. The molecule has 0 saturated carbocycles. The zero-order chi connectivity index (χ0) is 11.9. The molecule has 3 rings (SSSR count). The van der Waals surface area contributed by atoms with Crippen molar-refractivity contribution in [3.63, 3.8) is 0 Å². The Morgan fingerprint density at radius 2 is 2.22 bits per heavy atom. The van der Waals surface area contributed by atoms with Gasteiger partial charge in [0.1, 0.15) is 0 Å². The van der Waals surface area contributed by atoms with Crippen LogP contribution in [0.2, 0.25) is 0 Å². The number of rotatable bonds is 2. The number of hydrogen-bond acceptors (Lipinski definition) is 1. The molecule has 0 spiro atoms. The van der Waals surface area contributed by atoms with Gasteiger partial charge in [0.2, 0.25) is 0 Å². The minimum Gasteiger partial charge on any atom is -0.316 e. The van der Waals surface area contributed by atoms with E-state index in [-0.39, 0.29) is 12.4 Å². The molecule has 0 radical (unpaired) electrons. The van der Waals surface area contributed by atoms with Crippen molar-refractivity contribution in [3.8, 4) is 0 Å². The fourth-order valence-electron chi connectivity index (χ4n) is 3.82. The molecular weight excluding hydrogens is 242 g/mol. The van der Waals surface area contributed by atoms with E-state index >= 15 is 0 Å². The fourth-order valence-corrected chi connectivity index (χ4v) is 3.82. The Balaban J connectivity index is 0.00000120. The third kappa shape index (κ3) is 2.08. The minimum absolute atomic E-state index is 0. The Morgan fingerprint density at radius 3 is 3.00 bits per heavy atom. The highest BCUT2D eigenvalue weighted by molar-refractivity contribution is 5.85. The van der Waals surface area contributed by atoms with Crippen molar-refractivity contribution in [2.75, 3.05) is 13.1 Å². The second-order valence-electron chi connectivity index (χ2n) is 6.07. The second kappa shape index (κ2) is 5.22. The molecule has 0 bridgehead atoms. The molecule has 18 heavy (non-hydrogen) atoms. The first-order valence-electron chi connectivity index (χ1n) is 7.06. The zero-order valence-corrected chi connectivity index (χ0v) is 12.3. The number of hydrogen-bond donors (Lipinski definition) is 1. The molecule has 1 aliphatic heterocycles. The first kappa shape index (κ1) is 13.9. The van der Waals surface area contributed by atoms with Crippen LogP contribution in [-0.2, 0) is 12.8 Å². The lowest BCUT2D eigenvalue weighted by atomic mass is 9.66. The Hall–Kier alpha value is -0.530. The summed E-state index contributed by atoms with van der Waals surface area (Å²) in [4.78, 5) is 0. The lowest BCUT2D eigenvalue weighted by Gasteiger charge is -2.37. The van der Waals surface area contributed by atoms with E-state index in [1.165, 1.54) is 38.8 Å². The van der Waals surface area contributed by atoms with Crippen LogP contribution in [0.25, 0.3) is 0 Å². The van der Waals surface area contributed by atoms with E-state index in [0.717, 1.165) is 5.92 Å². The molecule has 2 aliphatic rings. The van der Waals surface area contributed by atoms with E-state index < -0.39 is 0 Å². The van der Waals surface area contributed by atoms with Gasteiger partial charge in [0, 0.05) is 19.0 Å². The van der Waals surface area contributed by atoms with Crippen molar-refractivity contribution >= 4 is 12.4 Å². The Labute approximate surface area is 117 Å². The van der Waals surface area contributed by atoms with Crippen LogP contribution < -0.4 is 5.32 Å². The summed E-state index contributed by atoms with van der Waals surface area (Å²) in [6.45, 7) is 7.13. The highest BCUT2D eigenvalue weighted by Gasteiger charge is 2.43. The van der Waals surface area contributed by atoms with Gasteiger partial charge in [-0.2, -0.15) is 0 Å². The lowest BCUT2D eigenvalue weighted by molar-refractivity contribution is 0.277. The molecule has 0 amide bonds. The van der Waals surface area contributed by atoms with Gasteiger partial charge in [-0.25, -0.2) is 0 Å². The first-order valence-corrected chi connectivity index (χ1v) is 7.06. The van der Waals surface area contributed by atoms with E-state index in [9.17, 15) is 0 Å². The molecule has 0 unspecified atom stereocenters. The van der Waals surface area contributed by atoms with Crippen LogP contribution in [-0.4, -0.2) is 13.1 Å². The molecule has 2 atom stereocenters. The van der Waals surface area contributed by atoms with Crippen LogP contribution in [0.1, 0.15) is 49.3 Å². The average Bonchev–Trinajstić information content (AvgIpc) is 2.72. The van der Waals surface area contributed by atoms with E-state index in [4.69, 9.17) is 0 Å². The van der Waals surface area contributed by atoms with Gasteiger partial charge in [0.15, 0.2) is 0 Å². The van der Waals surface area contributed by atoms with Crippen molar-refractivity contribution in [1.82, 2.24) is 5.32 Å². The van der Waals surface area contributed by atoms with Crippen molar-refractivity contribution in [1.29, 1.82) is 0 Å². The standard InChI is InChI=1S/C16H23N.ClH/c1-3-5-12-6-4-7-14-13(12)8-9-16(2)11-17-10-15(14)16;/h4,6-7,15,17H,3,5,8-11H2,1-2H3;1H/t15-,16+;/m0./s1. The van der Waals surface area contributed by atoms with Gasteiger partial charge < -0.3 is 5.32 Å². The summed E-state index contributed by atoms with van der Waals surface area (Å²) in [7, 11) is 0. The maximum absolute atomic E-state index is 3.60. The monoisotopic (exact) mass is 265 g/mol. The first-order chi connectivity index (χ1) is 8.24. The van der Waals surface area contributed by atoms with Crippen molar-refractivity contribution in [2.45, 2.75) is 45.4 Å². The lowest BCUT2D eigenvalue weighted by Crippen LogP contribution is -2.30. The highest BCUT2D eigenvalue weighted by atomic mass is 35.5. The average molecular weight is 266 g/mol. The smallest absolute Gasteiger partial charge is 0.00323 e. The number of benzene rings is 1. The molecule has 1 aliphatic carbocycles. The van der Waals surface area contributed by atoms with Gasteiger partial charge in [-0.15, -0.1) is 12.4 Å². The Kier molecular flexibility index (Phi) is 4.03. The molecule has 1 aromatic carbocycles. The highest BCUT2D eigenvalue weighted by Crippen LogP contribution is 2.48.